The van der Waals surface area contributed by atoms with Crippen molar-refractivity contribution in [3.63, 3.8) is 0 Å². The minimum Gasteiger partial charge on any atom is -0.451 e. The van der Waals surface area contributed by atoms with Crippen molar-refractivity contribution in [2.75, 3.05) is 0 Å². The van der Waals surface area contributed by atoms with Crippen LogP contribution in [0.1, 0.15) is 73.1 Å². The SMILES string of the molecule is CC(=O)O[C@@]1(C(C)=O)CC[C@@H]2[C@H]3C=C(C)C4=CC(=O)CC[C@]4(C)[C@H]3CC[C@@]21C. The Labute approximate surface area is 167 Å². The third-order valence-corrected chi connectivity index (χ3v) is 8.84. The van der Waals surface area contributed by atoms with Gasteiger partial charge >= 0.3 is 5.97 Å². The van der Waals surface area contributed by atoms with Crippen LogP contribution in [-0.4, -0.2) is 23.1 Å². The molecule has 0 spiro atoms. The molecule has 0 aliphatic heterocycles. The Bertz CT molecular complexity index is 820. The van der Waals surface area contributed by atoms with E-state index in [0.717, 1.165) is 25.7 Å². The van der Waals surface area contributed by atoms with E-state index in [-0.39, 0.29) is 28.4 Å². The van der Waals surface area contributed by atoms with Gasteiger partial charge in [0.25, 0.3) is 0 Å². The molecule has 28 heavy (non-hydrogen) atoms. The summed E-state index contributed by atoms with van der Waals surface area (Å²) in [6.45, 7) is 9.63. The number of allylic oxidation sites excluding steroid dienone is 4. The monoisotopic (exact) mass is 384 g/mol. The van der Waals surface area contributed by atoms with E-state index in [4.69, 9.17) is 4.74 Å². The molecule has 0 unspecified atom stereocenters. The van der Waals surface area contributed by atoms with E-state index >= 15 is 0 Å². The molecular formula is C24H32O4. The first-order valence-electron chi connectivity index (χ1n) is 10.7. The predicted octanol–water partition coefficient (Wildman–Crippen LogP) is 4.58. The number of fused-ring (bicyclic) bond motifs is 5. The van der Waals surface area contributed by atoms with E-state index < -0.39 is 5.60 Å². The highest BCUT2D eigenvalue weighted by molar-refractivity contribution is 5.92. The van der Waals surface area contributed by atoms with Crippen molar-refractivity contribution in [1.29, 1.82) is 0 Å². The summed E-state index contributed by atoms with van der Waals surface area (Å²) >= 11 is 0. The van der Waals surface area contributed by atoms with Crippen LogP contribution in [0.4, 0.5) is 0 Å². The molecule has 0 aromatic rings. The summed E-state index contributed by atoms with van der Waals surface area (Å²) in [4.78, 5) is 36.8. The van der Waals surface area contributed by atoms with Crippen LogP contribution in [0.25, 0.3) is 0 Å². The van der Waals surface area contributed by atoms with Gasteiger partial charge in [-0.3, -0.25) is 14.4 Å². The molecule has 4 aliphatic carbocycles. The maximum atomic E-state index is 12.8. The summed E-state index contributed by atoms with van der Waals surface area (Å²) in [5, 5.41) is 0. The molecule has 152 valence electrons. The lowest BCUT2D eigenvalue weighted by Crippen LogP contribution is -2.58. The number of hydrogen-bond donors (Lipinski definition) is 0. The molecule has 0 N–H and O–H groups in total. The fraction of sp³-hybridized carbons (Fsp3) is 0.708. The topological polar surface area (TPSA) is 60.4 Å². The number of rotatable bonds is 2. The number of Topliss-reactive ketones (excluding diaryl/α,β-unsaturated/α-hetero) is 1. The molecule has 0 heterocycles. The quantitative estimate of drug-likeness (QED) is 0.654. The van der Waals surface area contributed by atoms with Crippen molar-refractivity contribution in [2.24, 2.45) is 28.6 Å². The van der Waals surface area contributed by atoms with Gasteiger partial charge in [0.2, 0.25) is 0 Å². The Hall–Kier alpha value is -1.71. The van der Waals surface area contributed by atoms with Crippen LogP contribution in [0, 0.1) is 28.6 Å². The molecule has 0 aromatic heterocycles. The van der Waals surface area contributed by atoms with Crippen molar-refractivity contribution in [1.82, 2.24) is 0 Å². The Balaban J connectivity index is 1.79. The highest BCUT2D eigenvalue weighted by atomic mass is 16.6. The first-order valence-corrected chi connectivity index (χ1v) is 10.7. The average Bonchev–Trinajstić information content (AvgIpc) is 2.90. The van der Waals surface area contributed by atoms with Crippen molar-refractivity contribution < 1.29 is 19.1 Å². The maximum Gasteiger partial charge on any atom is 0.303 e. The third-order valence-electron chi connectivity index (χ3n) is 8.84. The van der Waals surface area contributed by atoms with Gasteiger partial charge in [-0.1, -0.05) is 25.5 Å². The summed E-state index contributed by atoms with van der Waals surface area (Å²) in [5.41, 5.74) is 1.15. The number of ether oxygens (including phenoxy) is 1. The van der Waals surface area contributed by atoms with E-state index in [0.29, 0.717) is 30.6 Å². The lowest BCUT2D eigenvalue weighted by molar-refractivity contribution is -0.185. The molecule has 0 aromatic carbocycles. The van der Waals surface area contributed by atoms with Crippen LogP contribution >= 0.6 is 0 Å². The van der Waals surface area contributed by atoms with Gasteiger partial charge in [-0.15, -0.1) is 0 Å². The molecule has 4 heteroatoms. The van der Waals surface area contributed by atoms with Gasteiger partial charge in [0.1, 0.15) is 0 Å². The molecule has 6 atom stereocenters. The number of carbonyl (C=O) groups is 3. The van der Waals surface area contributed by atoms with E-state index in [1.807, 2.05) is 6.08 Å². The van der Waals surface area contributed by atoms with Crippen LogP contribution < -0.4 is 0 Å². The summed E-state index contributed by atoms with van der Waals surface area (Å²) in [5.74, 6) is 1.03. The van der Waals surface area contributed by atoms with Gasteiger partial charge in [-0.25, -0.2) is 0 Å². The predicted molar refractivity (Wildman–Crippen MR) is 106 cm³/mol. The second-order valence-corrected chi connectivity index (χ2v) is 10.1. The molecule has 4 rings (SSSR count). The molecule has 0 bridgehead atoms. The molecule has 0 radical (unpaired) electrons. The Morgan fingerprint density at radius 2 is 1.75 bits per heavy atom. The first kappa shape index (κ1) is 19.6. The molecule has 0 saturated heterocycles. The lowest BCUT2D eigenvalue weighted by atomic mass is 9.47. The smallest absolute Gasteiger partial charge is 0.303 e. The number of carbonyl (C=O) groups excluding carboxylic acids is 3. The zero-order valence-electron chi connectivity index (χ0n) is 17.8. The average molecular weight is 385 g/mol. The zero-order chi connectivity index (χ0) is 20.5. The van der Waals surface area contributed by atoms with Crippen molar-refractivity contribution in [2.45, 2.75) is 78.7 Å². The van der Waals surface area contributed by atoms with Crippen molar-refractivity contribution in [3.8, 4) is 0 Å². The fourth-order valence-corrected chi connectivity index (χ4v) is 7.48. The normalized spacial score (nSPS) is 44.6. The third kappa shape index (κ3) is 2.39. The summed E-state index contributed by atoms with van der Waals surface area (Å²) in [6.07, 6.45) is 9.20. The van der Waals surface area contributed by atoms with Gasteiger partial charge in [0.05, 0.1) is 0 Å². The summed E-state index contributed by atoms with van der Waals surface area (Å²) < 4.78 is 5.82. The number of hydrogen-bond acceptors (Lipinski definition) is 4. The van der Waals surface area contributed by atoms with E-state index in [2.05, 4.69) is 26.8 Å². The first-order chi connectivity index (χ1) is 13.0. The second-order valence-electron chi connectivity index (χ2n) is 10.1. The second kappa shape index (κ2) is 6.14. The molecule has 4 aliphatic rings. The fourth-order valence-electron chi connectivity index (χ4n) is 7.48. The number of ketones is 2. The lowest BCUT2D eigenvalue weighted by Gasteiger charge is -2.58. The minimum atomic E-state index is -0.990. The summed E-state index contributed by atoms with van der Waals surface area (Å²) in [7, 11) is 0. The van der Waals surface area contributed by atoms with Crippen LogP contribution in [0.2, 0.25) is 0 Å². The van der Waals surface area contributed by atoms with Crippen molar-refractivity contribution in [3.05, 3.63) is 23.3 Å². The van der Waals surface area contributed by atoms with Gasteiger partial charge in [-0.05, 0) is 80.8 Å². The van der Waals surface area contributed by atoms with E-state index in [9.17, 15) is 14.4 Å². The van der Waals surface area contributed by atoms with Gasteiger partial charge in [-0.2, -0.15) is 0 Å². The van der Waals surface area contributed by atoms with Crippen LogP contribution in [-0.2, 0) is 19.1 Å². The van der Waals surface area contributed by atoms with Crippen molar-refractivity contribution >= 4 is 17.5 Å². The van der Waals surface area contributed by atoms with Gasteiger partial charge in [0, 0.05) is 18.8 Å². The summed E-state index contributed by atoms with van der Waals surface area (Å²) in [6, 6.07) is 0. The van der Waals surface area contributed by atoms with Gasteiger partial charge in [0.15, 0.2) is 17.2 Å². The van der Waals surface area contributed by atoms with Gasteiger partial charge < -0.3 is 4.74 Å². The highest BCUT2D eigenvalue weighted by Crippen LogP contribution is 2.67. The Kier molecular flexibility index (Phi) is 4.30. The molecule has 4 nitrogen and oxygen atoms in total. The maximum absolute atomic E-state index is 12.8. The van der Waals surface area contributed by atoms with Crippen LogP contribution in [0.3, 0.4) is 0 Å². The Morgan fingerprint density at radius 1 is 1.07 bits per heavy atom. The van der Waals surface area contributed by atoms with Crippen LogP contribution in [0.5, 0.6) is 0 Å². The number of esters is 1. The molecular weight excluding hydrogens is 352 g/mol. The standard InChI is InChI=1S/C24H32O4/c1-14-12-18-19(22(4)9-6-17(27)13-21(14)22)7-10-23(5)20(18)8-11-24(23,15(2)25)28-16(3)26/h12-13,18-20H,6-11H2,1-5H3/t18-,19-,20+,22+,23-,24+/m0/s1. The largest absolute Gasteiger partial charge is 0.451 e. The molecule has 0 amide bonds. The molecule has 2 fully saturated rings. The van der Waals surface area contributed by atoms with E-state index in [1.165, 1.54) is 18.1 Å². The zero-order valence-corrected chi connectivity index (χ0v) is 17.8. The molecule has 2 saturated carbocycles. The Morgan fingerprint density at radius 3 is 2.39 bits per heavy atom. The van der Waals surface area contributed by atoms with E-state index in [1.54, 1.807) is 6.92 Å². The van der Waals surface area contributed by atoms with Crippen LogP contribution in [0.15, 0.2) is 23.3 Å². The highest BCUT2D eigenvalue weighted by Gasteiger charge is 2.67. The minimum absolute atomic E-state index is 0.0160.